The van der Waals surface area contributed by atoms with Gasteiger partial charge in [-0.05, 0) is 79.2 Å². The van der Waals surface area contributed by atoms with Gasteiger partial charge in [0.15, 0.2) is 0 Å². The molecule has 13 heteroatoms. The van der Waals surface area contributed by atoms with Gasteiger partial charge < -0.3 is 19.9 Å². The second-order valence-electron chi connectivity index (χ2n) is 8.75. The van der Waals surface area contributed by atoms with Gasteiger partial charge in [-0.25, -0.2) is 16.8 Å². The third-order valence-electron chi connectivity index (χ3n) is 5.98. The molecule has 4 rings (SSSR count). The number of phenols is 1. The maximum Gasteiger partial charge on any atom is 0.262 e. The Hall–Kier alpha value is -4.75. The fourth-order valence-electron chi connectivity index (χ4n) is 3.79. The molecule has 1 amide bonds. The molecular formula is C28H27N3O8S2. The number of carbonyl (C=O) groups excluding carboxylic acids is 1. The van der Waals surface area contributed by atoms with Crippen LogP contribution in [-0.2, 0) is 20.0 Å². The Morgan fingerprint density at radius 2 is 1.37 bits per heavy atom. The zero-order valence-electron chi connectivity index (χ0n) is 22.2. The summed E-state index contributed by atoms with van der Waals surface area (Å²) < 4.78 is 67.2. The van der Waals surface area contributed by atoms with Crippen LogP contribution in [0.4, 0.5) is 17.1 Å². The van der Waals surface area contributed by atoms with E-state index in [1.165, 1.54) is 56.7 Å². The Kier molecular flexibility index (Phi) is 8.40. The number of amides is 1. The molecule has 0 bridgehead atoms. The number of para-hydroxylation sites is 2. The van der Waals surface area contributed by atoms with E-state index in [1.54, 1.807) is 37.3 Å². The largest absolute Gasteiger partial charge is 0.506 e. The summed E-state index contributed by atoms with van der Waals surface area (Å²) in [7, 11) is -5.31. The average Bonchev–Trinajstić information content (AvgIpc) is 2.94. The number of rotatable bonds is 10. The molecule has 0 heterocycles. The first-order valence-corrected chi connectivity index (χ1v) is 15.0. The minimum absolute atomic E-state index is 0.00285. The van der Waals surface area contributed by atoms with Crippen LogP contribution in [0.1, 0.15) is 15.9 Å². The van der Waals surface area contributed by atoms with Gasteiger partial charge in [0.25, 0.3) is 26.0 Å². The molecule has 0 atom stereocenters. The van der Waals surface area contributed by atoms with E-state index >= 15 is 0 Å². The van der Waals surface area contributed by atoms with Gasteiger partial charge in [0.2, 0.25) is 0 Å². The van der Waals surface area contributed by atoms with Crippen LogP contribution in [0.25, 0.3) is 0 Å². The first kappa shape index (κ1) is 29.2. The molecule has 41 heavy (non-hydrogen) atoms. The van der Waals surface area contributed by atoms with Gasteiger partial charge in [-0.3, -0.25) is 14.2 Å². The van der Waals surface area contributed by atoms with Crippen LogP contribution in [0, 0.1) is 6.92 Å². The van der Waals surface area contributed by atoms with Crippen LogP contribution in [-0.4, -0.2) is 42.1 Å². The van der Waals surface area contributed by atoms with Crippen molar-refractivity contribution < 1.29 is 36.2 Å². The highest BCUT2D eigenvalue weighted by Crippen LogP contribution is 2.30. The highest BCUT2D eigenvalue weighted by atomic mass is 32.2. The molecule has 0 aliphatic carbocycles. The molecule has 0 aromatic heterocycles. The first-order chi connectivity index (χ1) is 19.4. The Balaban J connectivity index is 1.58. The van der Waals surface area contributed by atoms with Crippen LogP contribution in [0.15, 0.2) is 94.7 Å². The van der Waals surface area contributed by atoms with Gasteiger partial charge in [-0.2, -0.15) is 0 Å². The maximum atomic E-state index is 13.2. The van der Waals surface area contributed by atoms with E-state index in [-0.39, 0.29) is 38.2 Å². The van der Waals surface area contributed by atoms with E-state index in [0.29, 0.717) is 17.1 Å². The van der Waals surface area contributed by atoms with Crippen LogP contribution in [0.3, 0.4) is 0 Å². The smallest absolute Gasteiger partial charge is 0.262 e. The van der Waals surface area contributed by atoms with Gasteiger partial charge in [-0.15, -0.1) is 0 Å². The zero-order chi connectivity index (χ0) is 29.8. The lowest BCUT2D eigenvalue weighted by molar-refractivity contribution is 0.102. The Bertz CT molecular complexity index is 1810. The Morgan fingerprint density at radius 3 is 2.05 bits per heavy atom. The second-order valence-corrected chi connectivity index (χ2v) is 12.1. The Labute approximate surface area is 237 Å². The maximum absolute atomic E-state index is 13.2. The fourth-order valence-corrected chi connectivity index (χ4v) is 5.97. The van der Waals surface area contributed by atoms with Gasteiger partial charge in [0.1, 0.15) is 17.2 Å². The van der Waals surface area contributed by atoms with Crippen LogP contribution in [0.5, 0.6) is 17.2 Å². The van der Waals surface area contributed by atoms with Crippen molar-refractivity contribution >= 4 is 43.0 Å². The highest BCUT2D eigenvalue weighted by molar-refractivity contribution is 7.93. The van der Waals surface area contributed by atoms with E-state index < -0.39 is 26.0 Å². The number of aromatic hydroxyl groups is 1. The standard InChI is InChI=1S/C28H27N3O8S2/c1-18-8-13-21(41(36,37)31-24-6-4-5-7-27(24)39-3)16-23(18)28(33)29-25-17-22(14-15-26(25)32)40(34,35)30-19-9-11-20(38-2)12-10-19/h4-17,30-32H,1-3H3,(H,29,33). The summed E-state index contributed by atoms with van der Waals surface area (Å²) >= 11 is 0. The molecule has 0 aliphatic rings. The van der Waals surface area contributed by atoms with Crippen molar-refractivity contribution in [3.63, 3.8) is 0 Å². The van der Waals surface area contributed by atoms with Crippen molar-refractivity contribution in [3.8, 4) is 17.2 Å². The molecule has 0 aliphatic heterocycles. The predicted molar refractivity (Wildman–Crippen MR) is 155 cm³/mol. The summed E-state index contributed by atoms with van der Waals surface area (Å²) in [6.45, 7) is 1.61. The molecule has 11 nitrogen and oxygen atoms in total. The van der Waals surface area contributed by atoms with Crippen molar-refractivity contribution in [2.24, 2.45) is 0 Å². The number of carbonyl (C=O) groups is 1. The molecular weight excluding hydrogens is 570 g/mol. The second kappa shape index (κ2) is 11.8. The van der Waals surface area contributed by atoms with E-state index in [4.69, 9.17) is 9.47 Å². The van der Waals surface area contributed by atoms with Gasteiger partial charge >= 0.3 is 0 Å². The van der Waals surface area contributed by atoms with E-state index in [0.717, 1.165) is 12.1 Å². The number of aryl methyl sites for hydroxylation is 1. The molecule has 0 fully saturated rings. The zero-order valence-corrected chi connectivity index (χ0v) is 23.8. The van der Waals surface area contributed by atoms with E-state index in [2.05, 4.69) is 14.8 Å². The summed E-state index contributed by atoms with van der Waals surface area (Å²) in [4.78, 5) is 12.8. The number of hydrogen-bond acceptors (Lipinski definition) is 8. The SMILES string of the molecule is COc1ccc(NS(=O)(=O)c2ccc(O)c(NC(=O)c3cc(S(=O)(=O)Nc4ccccc4OC)ccc3C)c2)cc1. The van der Waals surface area contributed by atoms with Gasteiger partial charge in [-0.1, -0.05) is 18.2 Å². The average molecular weight is 598 g/mol. The fraction of sp³-hybridized carbons (Fsp3) is 0.107. The molecule has 214 valence electrons. The first-order valence-electron chi connectivity index (χ1n) is 12.0. The van der Waals surface area contributed by atoms with Crippen molar-refractivity contribution in [1.29, 1.82) is 0 Å². The molecule has 0 radical (unpaired) electrons. The molecule has 0 saturated carbocycles. The molecule has 0 unspecified atom stereocenters. The summed E-state index contributed by atoms with van der Waals surface area (Å²) in [5.74, 6) is -0.288. The number of benzene rings is 4. The summed E-state index contributed by atoms with van der Waals surface area (Å²) in [6, 6.07) is 20.1. The van der Waals surface area contributed by atoms with Gasteiger partial charge in [0.05, 0.1) is 35.4 Å². The number of ether oxygens (including phenoxy) is 2. The lowest BCUT2D eigenvalue weighted by atomic mass is 10.1. The molecule has 0 spiro atoms. The lowest BCUT2D eigenvalue weighted by Crippen LogP contribution is -2.18. The number of methoxy groups -OCH3 is 2. The van der Waals surface area contributed by atoms with Crippen molar-refractivity contribution in [1.82, 2.24) is 0 Å². The molecule has 4 N–H and O–H groups in total. The molecule has 0 saturated heterocycles. The number of nitrogens with one attached hydrogen (secondary N) is 3. The normalized spacial score (nSPS) is 11.4. The van der Waals surface area contributed by atoms with Crippen molar-refractivity contribution in [2.45, 2.75) is 16.7 Å². The number of phenolic OH excluding ortho intramolecular Hbond substituents is 1. The molecule has 4 aromatic rings. The summed E-state index contributed by atoms with van der Waals surface area (Å²) in [5, 5.41) is 12.8. The van der Waals surface area contributed by atoms with Crippen LogP contribution < -0.4 is 24.2 Å². The minimum atomic E-state index is -4.11. The minimum Gasteiger partial charge on any atom is -0.506 e. The quantitative estimate of drug-likeness (QED) is 0.193. The predicted octanol–water partition coefficient (Wildman–Crippen LogP) is 4.57. The topological polar surface area (TPSA) is 160 Å². The third kappa shape index (κ3) is 6.70. The summed E-state index contributed by atoms with van der Waals surface area (Å²) in [6.07, 6.45) is 0. The Morgan fingerprint density at radius 1 is 0.732 bits per heavy atom. The number of hydrogen-bond donors (Lipinski definition) is 4. The summed E-state index contributed by atoms with van der Waals surface area (Å²) in [5.41, 5.74) is 0.750. The van der Waals surface area contributed by atoms with Gasteiger partial charge in [0, 0.05) is 11.3 Å². The lowest BCUT2D eigenvalue weighted by Gasteiger charge is -2.14. The van der Waals surface area contributed by atoms with Crippen LogP contribution >= 0.6 is 0 Å². The number of sulfonamides is 2. The highest BCUT2D eigenvalue weighted by Gasteiger charge is 2.22. The van der Waals surface area contributed by atoms with Crippen molar-refractivity contribution in [3.05, 3.63) is 96.1 Å². The molecule has 4 aromatic carbocycles. The van der Waals surface area contributed by atoms with E-state index in [9.17, 15) is 26.7 Å². The monoisotopic (exact) mass is 597 g/mol. The van der Waals surface area contributed by atoms with Crippen LogP contribution in [0.2, 0.25) is 0 Å². The van der Waals surface area contributed by atoms with Crippen molar-refractivity contribution in [2.75, 3.05) is 29.0 Å². The third-order valence-corrected chi connectivity index (χ3v) is 8.73. The van der Waals surface area contributed by atoms with E-state index in [1.807, 2.05) is 0 Å². The number of anilines is 3.